The molecule has 5 heteroatoms. The van der Waals surface area contributed by atoms with E-state index in [0.29, 0.717) is 24.3 Å². The van der Waals surface area contributed by atoms with Gasteiger partial charge in [-0.1, -0.05) is 0 Å². The number of Topliss-reactive ketones (excluding diaryl/α,β-unsaturated/α-hetero) is 1. The van der Waals surface area contributed by atoms with Gasteiger partial charge >= 0.3 is 5.97 Å². The summed E-state index contributed by atoms with van der Waals surface area (Å²) in [6.07, 6.45) is 0.354. The van der Waals surface area contributed by atoms with Crippen molar-refractivity contribution in [1.82, 2.24) is 0 Å². The Morgan fingerprint density at radius 3 is 2.14 bits per heavy atom. The summed E-state index contributed by atoms with van der Waals surface area (Å²) in [7, 11) is 1.58. The van der Waals surface area contributed by atoms with Crippen LogP contribution in [0.3, 0.4) is 0 Å². The van der Waals surface area contributed by atoms with Gasteiger partial charge in [0.1, 0.15) is 5.75 Å². The number of ketones is 1. The lowest BCUT2D eigenvalue weighted by atomic mass is 10.1. The third kappa shape index (κ3) is 4.09. The predicted octanol–water partition coefficient (Wildman–Crippen LogP) is 3.08. The van der Waals surface area contributed by atoms with E-state index in [4.69, 9.17) is 9.84 Å². The first kappa shape index (κ1) is 15.6. The molecule has 0 aliphatic carbocycles. The fourth-order valence-corrected chi connectivity index (χ4v) is 1.97. The van der Waals surface area contributed by atoms with Gasteiger partial charge in [0.15, 0.2) is 5.78 Å². The molecule has 0 aliphatic heterocycles. The molecule has 0 bridgehead atoms. The van der Waals surface area contributed by atoms with Gasteiger partial charge in [-0.2, -0.15) is 0 Å². The number of nitrogens with one attached hydrogen (secondary N) is 1. The molecule has 0 spiro atoms. The molecule has 0 aromatic heterocycles. The van der Waals surface area contributed by atoms with Crippen molar-refractivity contribution < 1.29 is 19.4 Å². The highest BCUT2D eigenvalue weighted by Gasteiger charge is 2.06. The molecule has 5 nitrogen and oxygen atoms in total. The summed E-state index contributed by atoms with van der Waals surface area (Å²) in [6, 6.07) is 13.4. The maximum absolute atomic E-state index is 12.0. The molecule has 0 fully saturated rings. The van der Waals surface area contributed by atoms with Gasteiger partial charge in [-0.3, -0.25) is 4.79 Å². The highest BCUT2D eigenvalue weighted by atomic mass is 16.5. The molecular weight excluding hydrogens is 282 g/mol. The van der Waals surface area contributed by atoms with Crippen LogP contribution in [0.15, 0.2) is 48.5 Å². The molecule has 0 saturated carbocycles. The van der Waals surface area contributed by atoms with Crippen molar-refractivity contribution in [3.8, 4) is 5.75 Å². The van der Waals surface area contributed by atoms with Crippen molar-refractivity contribution in [1.29, 1.82) is 0 Å². The normalized spacial score (nSPS) is 10.0. The first-order chi connectivity index (χ1) is 10.6. The lowest BCUT2D eigenvalue weighted by Crippen LogP contribution is -2.09. The van der Waals surface area contributed by atoms with Crippen molar-refractivity contribution in [2.24, 2.45) is 0 Å². The molecule has 2 aromatic carbocycles. The molecule has 0 aliphatic rings. The molecule has 22 heavy (non-hydrogen) atoms. The predicted molar refractivity (Wildman–Crippen MR) is 83.8 cm³/mol. The number of carbonyl (C=O) groups is 2. The maximum atomic E-state index is 12.0. The van der Waals surface area contributed by atoms with E-state index in [2.05, 4.69) is 5.32 Å². The SMILES string of the molecule is COc1ccc(C(=O)CCNc2ccc(C(=O)O)cc2)cc1. The molecule has 0 unspecified atom stereocenters. The fourth-order valence-electron chi connectivity index (χ4n) is 1.97. The standard InChI is InChI=1S/C17H17NO4/c1-22-15-8-4-12(5-9-15)16(19)10-11-18-14-6-2-13(3-7-14)17(20)21/h2-9,18H,10-11H2,1H3,(H,20,21). The van der Waals surface area contributed by atoms with Crippen molar-refractivity contribution in [2.45, 2.75) is 6.42 Å². The summed E-state index contributed by atoms with van der Waals surface area (Å²) in [5.74, 6) is -0.202. The average Bonchev–Trinajstić information content (AvgIpc) is 2.55. The number of hydrogen-bond donors (Lipinski definition) is 2. The van der Waals surface area contributed by atoms with Crippen molar-refractivity contribution in [3.63, 3.8) is 0 Å². The van der Waals surface area contributed by atoms with Gasteiger partial charge in [0.25, 0.3) is 0 Å². The van der Waals surface area contributed by atoms with Crippen molar-refractivity contribution >= 4 is 17.4 Å². The summed E-state index contributed by atoms with van der Waals surface area (Å²) in [6.45, 7) is 0.483. The Kier molecular flexibility index (Phi) is 5.14. The van der Waals surface area contributed by atoms with Crippen LogP contribution in [-0.2, 0) is 0 Å². The van der Waals surface area contributed by atoms with Gasteiger partial charge in [-0.15, -0.1) is 0 Å². The molecule has 0 atom stereocenters. The Morgan fingerprint density at radius 1 is 1.00 bits per heavy atom. The highest BCUT2D eigenvalue weighted by Crippen LogP contribution is 2.13. The zero-order valence-electron chi connectivity index (χ0n) is 12.2. The number of carboxylic acids is 1. The molecule has 2 N–H and O–H groups in total. The fraction of sp³-hybridized carbons (Fsp3) is 0.176. The minimum atomic E-state index is -0.957. The Hall–Kier alpha value is -2.82. The Morgan fingerprint density at radius 2 is 1.59 bits per heavy atom. The zero-order valence-corrected chi connectivity index (χ0v) is 12.2. The molecule has 0 amide bonds. The zero-order chi connectivity index (χ0) is 15.9. The second kappa shape index (κ2) is 7.26. The largest absolute Gasteiger partial charge is 0.497 e. The highest BCUT2D eigenvalue weighted by molar-refractivity contribution is 5.96. The van der Waals surface area contributed by atoms with Crippen LogP contribution < -0.4 is 10.1 Å². The second-order valence-corrected chi connectivity index (χ2v) is 4.71. The van der Waals surface area contributed by atoms with Gasteiger partial charge < -0.3 is 15.2 Å². The van der Waals surface area contributed by atoms with Crippen LogP contribution in [0, 0.1) is 0 Å². The van der Waals surface area contributed by atoms with Crippen molar-refractivity contribution in [2.75, 3.05) is 19.0 Å². The number of benzene rings is 2. The minimum absolute atomic E-state index is 0.0392. The van der Waals surface area contributed by atoms with Crippen LogP contribution in [-0.4, -0.2) is 30.5 Å². The minimum Gasteiger partial charge on any atom is -0.497 e. The number of carbonyl (C=O) groups excluding carboxylic acids is 1. The molecule has 2 aromatic rings. The van der Waals surface area contributed by atoms with Gasteiger partial charge in [0.2, 0.25) is 0 Å². The number of anilines is 1. The van der Waals surface area contributed by atoms with Crippen LogP contribution in [0.25, 0.3) is 0 Å². The summed E-state index contributed by atoms with van der Waals surface area (Å²) in [5, 5.41) is 11.9. The first-order valence-electron chi connectivity index (χ1n) is 6.84. The smallest absolute Gasteiger partial charge is 0.335 e. The summed E-state index contributed by atoms with van der Waals surface area (Å²) < 4.78 is 5.05. The van der Waals surface area contributed by atoms with E-state index in [1.807, 2.05) is 0 Å². The number of carboxylic acid groups (broad SMARTS) is 1. The van der Waals surface area contributed by atoms with E-state index in [9.17, 15) is 9.59 Å². The first-order valence-corrected chi connectivity index (χ1v) is 6.84. The van der Waals surface area contributed by atoms with E-state index in [1.54, 1.807) is 43.5 Å². The van der Waals surface area contributed by atoms with Crippen molar-refractivity contribution in [3.05, 3.63) is 59.7 Å². The Bertz CT molecular complexity index is 647. The van der Waals surface area contributed by atoms with E-state index in [-0.39, 0.29) is 11.3 Å². The van der Waals surface area contributed by atoms with E-state index < -0.39 is 5.97 Å². The topological polar surface area (TPSA) is 75.6 Å². The van der Waals surface area contributed by atoms with Gasteiger partial charge in [-0.05, 0) is 48.5 Å². The Balaban J connectivity index is 1.84. The molecule has 114 valence electrons. The molecule has 2 rings (SSSR count). The van der Waals surface area contributed by atoms with E-state index in [1.165, 1.54) is 12.1 Å². The van der Waals surface area contributed by atoms with Crippen LogP contribution >= 0.6 is 0 Å². The number of ether oxygens (including phenoxy) is 1. The van der Waals surface area contributed by atoms with Gasteiger partial charge in [0.05, 0.1) is 12.7 Å². The van der Waals surface area contributed by atoms with E-state index in [0.717, 1.165) is 5.69 Å². The lowest BCUT2D eigenvalue weighted by Gasteiger charge is -2.07. The third-order valence-electron chi connectivity index (χ3n) is 3.23. The monoisotopic (exact) mass is 299 g/mol. The van der Waals surface area contributed by atoms with Gasteiger partial charge in [0, 0.05) is 24.2 Å². The summed E-state index contributed by atoms with van der Waals surface area (Å²) >= 11 is 0. The summed E-state index contributed by atoms with van der Waals surface area (Å²) in [5.41, 5.74) is 1.66. The Labute approximate surface area is 128 Å². The summed E-state index contributed by atoms with van der Waals surface area (Å²) in [4.78, 5) is 22.8. The molecule has 0 heterocycles. The van der Waals surface area contributed by atoms with Crippen LogP contribution in [0.2, 0.25) is 0 Å². The molecular formula is C17H17NO4. The molecule has 0 saturated heterocycles. The maximum Gasteiger partial charge on any atom is 0.335 e. The molecule has 0 radical (unpaired) electrons. The van der Waals surface area contributed by atoms with Gasteiger partial charge in [-0.25, -0.2) is 4.79 Å². The number of rotatable bonds is 7. The lowest BCUT2D eigenvalue weighted by molar-refractivity contribution is 0.0696. The number of hydrogen-bond acceptors (Lipinski definition) is 4. The number of methoxy groups -OCH3 is 1. The second-order valence-electron chi connectivity index (χ2n) is 4.71. The van der Waals surface area contributed by atoms with Crippen LogP contribution in [0.1, 0.15) is 27.1 Å². The van der Waals surface area contributed by atoms with Crippen LogP contribution in [0.5, 0.6) is 5.75 Å². The number of aromatic carboxylic acids is 1. The average molecular weight is 299 g/mol. The third-order valence-corrected chi connectivity index (χ3v) is 3.23. The van der Waals surface area contributed by atoms with E-state index >= 15 is 0 Å². The quantitative estimate of drug-likeness (QED) is 0.768. The van der Waals surface area contributed by atoms with Crippen LogP contribution in [0.4, 0.5) is 5.69 Å².